The van der Waals surface area contributed by atoms with Crippen LogP contribution in [0.1, 0.15) is 32.2 Å². The van der Waals surface area contributed by atoms with E-state index in [0.29, 0.717) is 9.39 Å². The molecule has 2 aromatic rings. The van der Waals surface area contributed by atoms with Crippen LogP contribution in [-0.4, -0.2) is 19.7 Å². The molecule has 0 amide bonds. The first-order chi connectivity index (χ1) is 8.70. The largest absolute Gasteiger partial charge is 0.305 e. The van der Waals surface area contributed by atoms with Crippen molar-refractivity contribution in [2.24, 2.45) is 7.05 Å². The fourth-order valence-electron chi connectivity index (χ4n) is 1.91. The van der Waals surface area contributed by atoms with Gasteiger partial charge in [-0.1, -0.05) is 20.8 Å². The molecule has 0 atom stereocenters. The number of aromatic amines is 1. The summed E-state index contributed by atoms with van der Waals surface area (Å²) in [5.74, 6) is 0.584. The van der Waals surface area contributed by atoms with Crippen molar-refractivity contribution in [3.8, 4) is 11.4 Å². The molecule has 5 nitrogen and oxygen atoms in total. The molecule has 0 aliphatic rings. The van der Waals surface area contributed by atoms with Crippen LogP contribution >= 0.6 is 22.6 Å². The van der Waals surface area contributed by atoms with Crippen molar-refractivity contribution < 1.29 is 0 Å². The van der Waals surface area contributed by atoms with E-state index in [9.17, 15) is 4.79 Å². The minimum Gasteiger partial charge on any atom is -0.305 e. The predicted octanol–water partition coefficient (Wildman–Crippen LogP) is 2.38. The second-order valence-corrected chi connectivity index (χ2v) is 6.71. The first kappa shape index (κ1) is 14.2. The summed E-state index contributed by atoms with van der Waals surface area (Å²) in [7, 11) is 1.87. The van der Waals surface area contributed by atoms with E-state index in [-0.39, 0.29) is 11.0 Å². The van der Waals surface area contributed by atoms with Crippen LogP contribution in [0.25, 0.3) is 11.4 Å². The monoisotopic (exact) mass is 372 g/mol. The third kappa shape index (κ3) is 2.72. The Morgan fingerprint density at radius 2 is 2.00 bits per heavy atom. The highest BCUT2D eigenvalue weighted by atomic mass is 127. The normalized spacial score (nSPS) is 11.9. The number of nitrogens with zero attached hydrogens (tertiary/aromatic N) is 3. The molecule has 0 aliphatic heterocycles. The molecule has 0 spiro atoms. The Hall–Kier alpha value is -1.18. The topological polar surface area (TPSA) is 63.6 Å². The van der Waals surface area contributed by atoms with Gasteiger partial charge in [-0.05, 0) is 29.5 Å². The molecule has 0 aliphatic carbocycles. The van der Waals surface area contributed by atoms with E-state index in [1.54, 1.807) is 4.68 Å². The van der Waals surface area contributed by atoms with Gasteiger partial charge < -0.3 is 4.98 Å². The van der Waals surface area contributed by atoms with Gasteiger partial charge in [-0.25, -0.2) is 4.98 Å². The van der Waals surface area contributed by atoms with E-state index >= 15 is 0 Å². The molecule has 0 bridgehead atoms. The number of hydrogen-bond acceptors (Lipinski definition) is 3. The lowest BCUT2D eigenvalue weighted by Gasteiger charge is -2.17. The maximum Gasteiger partial charge on any atom is 0.264 e. The van der Waals surface area contributed by atoms with Gasteiger partial charge >= 0.3 is 0 Å². The van der Waals surface area contributed by atoms with Crippen molar-refractivity contribution >= 4 is 22.6 Å². The van der Waals surface area contributed by atoms with E-state index in [2.05, 4.69) is 35.8 Å². The molecule has 0 radical (unpaired) electrons. The number of hydrogen-bond donors (Lipinski definition) is 1. The van der Waals surface area contributed by atoms with Crippen LogP contribution < -0.4 is 5.56 Å². The highest BCUT2D eigenvalue weighted by Gasteiger charge is 2.24. The zero-order chi connectivity index (χ0) is 14.4. The molecule has 2 heterocycles. The molecular formula is C13H17IN4O. The van der Waals surface area contributed by atoms with E-state index in [1.165, 1.54) is 0 Å². The fraction of sp³-hybridized carbons (Fsp3) is 0.462. The summed E-state index contributed by atoms with van der Waals surface area (Å²) in [6.07, 6.45) is 1.89. The van der Waals surface area contributed by atoms with Crippen molar-refractivity contribution in [2.75, 3.05) is 0 Å². The molecule has 0 aromatic carbocycles. The van der Waals surface area contributed by atoms with Gasteiger partial charge in [0, 0.05) is 18.7 Å². The lowest BCUT2D eigenvalue weighted by molar-refractivity contribution is 0.554. The van der Waals surface area contributed by atoms with E-state index in [0.717, 1.165) is 17.0 Å². The van der Waals surface area contributed by atoms with Crippen LogP contribution in [0, 0.1) is 10.5 Å². The lowest BCUT2D eigenvalue weighted by Crippen LogP contribution is -2.17. The molecule has 2 rings (SSSR count). The minimum atomic E-state index is -0.105. The van der Waals surface area contributed by atoms with Crippen molar-refractivity contribution in [1.82, 2.24) is 19.7 Å². The zero-order valence-electron chi connectivity index (χ0n) is 11.7. The van der Waals surface area contributed by atoms with Crippen LogP contribution in [0.4, 0.5) is 0 Å². The molecule has 102 valence electrons. The van der Waals surface area contributed by atoms with Crippen LogP contribution in [-0.2, 0) is 12.5 Å². The number of halogens is 1. The summed E-state index contributed by atoms with van der Waals surface area (Å²) in [6, 6.07) is 0. The highest BCUT2D eigenvalue weighted by Crippen LogP contribution is 2.29. The van der Waals surface area contributed by atoms with Crippen LogP contribution in [0.15, 0.2) is 11.0 Å². The molecule has 1 N–H and O–H groups in total. The maximum absolute atomic E-state index is 11.9. The zero-order valence-corrected chi connectivity index (χ0v) is 13.9. The number of nitrogens with one attached hydrogen (secondary N) is 1. The van der Waals surface area contributed by atoms with Crippen molar-refractivity contribution in [1.29, 1.82) is 0 Å². The molecule has 6 heteroatoms. The molecule has 19 heavy (non-hydrogen) atoms. The van der Waals surface area contributed by atoms with Crippen LogP contribution in [0.2, 0.25) is 0 Å². The molecule has 0 saturated carbocycles. The lowest BCUT2D eigenvalue weighted by atomic mass is 9.89. The Morgan fingerprint density at radius 3 is 2.53 bits per heavy atom. The summed E-state index contributed by atoms with van der Waals surface area (Å²) in [5.41, 5.74) is 2.34. The average Bonchev–Trinajstić information content (AvgIpc) is 2.67. The summed E-state index contributed by atoms with van der Waals surface area (Å²) in [6.45, 7) is 8.12. The van der Waals surface area contributed by atoms with Gasteiger partial charge in [-0.15, -0.1) is 0 Å². The number of aryl methyl sites for hydroxylation is 2. The summed E-state index contributed by atoms with van der Waals surface area (Å²) in [5, 5.41) is 4.49. The smallest absolute Gasteiger partial charge is 0.264 e. The number of H-pyrrole nitrogens is 1. The number of aromatic nitrogens is 4. The van der Waals surface area contributed by atoms with Crippen molar-refractivity contribution in [2.45, 2.75) is 33.1 Å². The molecule has 0 fully saturated rings. The third-order valence-electron chi connectivity index (χ3n) is 2.82. The maximum atomic E-state index is 11.9. The van der Waals surface area contributed by atoms with E-state index in [4.69, 9.17) is 0 Å². The second-order valence-electron chi connectivity index (χ2n) is 5.63. The molecular weight excluding hydrogens is 355 g/mol. The quantitative estimate of drug-likeness (QED) is 0.782. The van der Waals surface area contributed by atoms with Gasteiger partial charge in [0.15, 0.2) is 0 Å². The fourth-order valence-corrected chi connectivity index (χ4v) is 2.17. The SMILES string of the molecule is Cc1nc(-c2cn(C)nc2C(C)(C)C)[nH]c(=O)c1I. The average molecular weight is 372 g/mol. The molecule has 0 saturated heterocycles. The van der Waals surface area contributed by atoms with Gasteiger partial charge in [-0.3, -0.25) is 9.48 Å². The van der Waals surface area contributed by atoms with Gasteiger partial charge in [0.2, 0.25) is 0 Å². The molecule has 0 unspecified atom stereocenters. The summed E-state index contributed by atoms with van der Waals surface area (Å²) >= 11 is 2.01. The molecule has 2 aromatic heterocycles. The van der Waals surface area contributed by atoms with Crippen LogP contribution in [0.3, 0.4) is 0 Å². The van der Waals surface area contributed by atoms with Crippen molar-refractivity contribution in [3.05, 3.63) is 31.5 Å². The van der Waals surface area contributed by atoms with Gasteiger partial charge in [0.25, 0.3) is 5.56 Å². The van der Waals surface area contributed by atoms with Crippen LogP contribution in [0.5, 0.6) is 0 Å². The standard InChI is InChI=1S/C13H17IN4O/c1-7-9(14)12(19)16-11(15-7)8-6-18(5)17-10(8)13(2,3)4/h6H,1-5H3,(H,15,16,19). The number of rotatable bonds is 1. The van der Waals surface area contributed by atoms with Gasteiger partial charge in [-0.2, -0.15) is 5.10 Å². The Labute approximate surface area is 125 Å². The second kappa shape index (κ2) is 4.73. The van der Waals surface area contributed by atoms with Crippen molar-refractivity contribution in [3.63, 3.8) is 0 Å². The summed E-state index contributed by atoms with van der Waals surface area (Å²) in [4.78, 5) is 19.2. The first-order valence-corrected chi connectivity index (χ1v) is 7.09. The Kier molecular flexibility index (Phi) is 3.55. The Balaban J connectivity index is 2.70. The minimum absolute atomic E-state index is 0.105. The van der Waals surface area contributed by atoms with E-state index in [1.807, 2.05) is 42.8 Å². The Bertz CT molecular complexity index is 679. The Morgan fingerprint density at radius 1 is 1.37 bits per heavy atom. The third-order valence-corrected chi connectivity index (χ3v) is 4.09. The van der Waals surface area contributed by atoms with E-state index < -0.39 is 0 Å². The first-order valence-electron chi connectivity index (χ1n) is 6.01. The predicted molar refractivity (Wildman–Crippen MR) is 83.2 cm³/mol. The summed E-state index contributed by atoms with van der Waals surface area (Å²) < 4.78 is 2.38. The van der Waals surface area contributed by atoms with Gasteiger partial charge in [0.1, 0.15) is 5.82 Å². The highest BCUT2D eigenvalue weighted by molar-refractivity contribution is 14.1. The van der Waals surface area contributed by atoms with Gasteiger partial charge in [0.05, 0.1) is 20.5 Å².